The molecule has 3 rings (SSSR count). The van der Waals surface area contributed by atoms with Crippen LogP contribution in [-0.4, -0.2) is 13.1 Å². The van der Waals surface area contributed by atoms with Crippen LogP contribution in [0.15, 0.2) is 0 Å². The Morgan fingerprint density at radius 3 is 2.37 bits per heavy atom. The van der Waals surface area contributed by atoms with E-state index in [4.69, 9.17) is 0 Å². The van der Waals surface area contributed by atoms with E-state index in [2.05, 4.69) is 19.2 Å². The lowest BCUT2D eigenvalue weighted by Crippen LogP contribution is -2.45. The molecule has 3 aliphatic carbocycles. The van der Waals surface area contributed by atoms with Crippen molar-refractivity contribution in [3.63, 3.8) is 0 Å². The highest BCUT2D eigenvalue weighted by Gasteiger charge is 2.54. The summed E-state index contributed by atoms with van der Waals surface area (Å²) < 4.78 is 0. The third kappa shape index (κ3) is 2.73. The lowest BCUT2D eigenvalue weighted by Gasteiger charge is -2.46. The van der Waals surface area contributed by atoms with E-state index in [-0.39, 0.29) is 0 Å². The van der Waals surface area contributed by atoms with E-state index in [1.165, 1.54) is 45.2 Å². The molecule has 1 N–H and O–H groups in total. The molecular formula is C18H33N. The quantitative estimate of drug-likeness (QED) is 0.763. The molecule has 1 nitrogen and oxygen atoms in total. The van der Waals surface area contributed by atoms with Gasteiger partial charge in [-0.1, -0.05) is 39.5 Å². The van der Waals surface area contributed by atoms with Crippen LogP contribution in [0.2, 0.25) is 0 Å². The Labute approximate surface area is 119 Å². The third-order valence-electron chi connectivity index (χ3n) is 6.45. The predicted octanol–water partition coefficient (Wildman–Crippen LogP) is 4.62. The Morgan fingerprint density at radius 1 is 1.00 bits per heavy atom. The molecule has 3 saturated carbocycles. The molecule has 2 bridgehead atoms. The van der Waals surface area contributed by atoms with Crippen LogP contribution in [-0.2, 0) is 0 Å². The highest BCUT2D eigenvalue weighted by molar-refractivity contribution is 5.05. The van der Waals surface area contributed by atoms with Gasteiger partial charge in [-0.05, 0) is 67.7 Å². The van der Waals surface area contributed by atoms with Gasteiger partial charge in [0.1, 0.15) is 0 Å². The molecular weight excluding hydrogens is 230 g/mol. The Bertz CT molecular complexity index is 292. The molecule has 0 aromatic rings. The number of nitrogens with one attached hydrogen (secondary N) is 1. The summed E-state index contributed by atoms with van der Waals surface area (Å²) in [4.78, 5) is 0. The van der Waals surface area contributed by atoms with E-state index in [1.54, 1.807) is 25.7 Å². The van der Waals surface area contributed by atoms with Crippen LogP contribution in [0.5, 0.6) is 0 Å². The van der Waals surface area contributed by atoms with Gasteiger partial charge in [-0.25, -0.2) is 0 Å². The number of hydrogen-bond acceptors (Lipinski definition) is 1. The van der Waals surface area contributed by atoms with Crippen LogP contribution in [0.4, 0.5) is 0 Å². The van der Waals surface area contributed by atoms with Gasteiger partial charge in [0.15, 0.2) is 0 Å². The first-order valence-corrected chi connectivity index (χ1v) is 8.91. The van der Waals surface area contributed by atoms with Crippen molar-refractivity contribution in [3.05, 3.63) is 0 Å². The van der Waals surface area contributed by atoms with E-state index in [0.717, 1.165) is 23.7 Å². The third-order valence-corrected chi connectivity index (χ3v) is 6.45. The fourth-order valence-corrected chi connectivity index (χ4v) is 5.62. The maximum Gasteiger partial charge on any atom is 0.00133 e. The molecule has 0 saturated heterocycles. The van der Waals surface area contributed by atoms with E-state index in [1.807, 2.05) is 0 Å². The minimum absolute atomic E-state index is 0.707. The zero-order valence-electron chi connectivity index (χ0n) is 13.1. The summed E-state index contributed by atoms with van der Waals surface area (Å²) >= 11 is 0. The van der Waals surface area contributed by atoms with Crippen LogP contribution >= 0.6 is 0 Å². The van der Waals surface area contributed by atoms with Gasteiger partial charge < -0.3 is 5.32 Å². The van der Waals surface area contributed by atoms with E-state index in [9.17, 15) is 0 Å². The van der Waals surface area contributed by atoms with Crippen LogP contribution in [0, 0.1) is 29.1 Å². The molecule has 0 radical (unpaired) electrons. The molecule has 0 aliphatic heterocycles. The summed E-state index contributed by atoms with van der Waals surface area (Å²) in [6.45, 7) is 7.21. The highest BCUT2D eigenvalue weighted by Crippen LogP contribution is 2.61. The van der Waals surface area contributed by atoms with Crippen molar-refractivity contribution in [2.45, 2.75) is 71.6 Å². The number of hydrogen-bond donors (Lipinski definition) is 1. The normalized spacial score (nSPS) is 39.3. The molecule has 0 aromatic carbocycles. The van der Waals surface area contributed by atoms with Crippen LogP contribution in [0.1, 0.15) is 71.6 Å². The van der Waals surface area contributed by atoms with Gasteiger partial charge in [0.2, 0.25) is 0 Å². The van der Waals surface area contributed by atoms with E-state index < -0.39 is 0 Å². The van der Waals surface area contributed by atoms with Gasteiger partial charge in [0.25, 0.3) is 0 Å². The Balaban J connectivity index is 1.68. The second-order valence-electron chi connectivity index (χ2n) is 8.17. The molecule has 3 unspecified atom stereocenters. The molecule has 0 aromatic heterocycles. The summed E-state index contributed by atoms with van der Waals surface area (Å²) in [6.07, 6.45) is 13.8. The van der Waals surface area contributed by atoms with Gasteiger partial charge in [-0.3, -0.25) is 0 Å². The van der Waals surface area contributed by atoms with Crippen molar-refractivity contribution < 1.29 is 0 Å². The zero-order valence-corrected chi connectivity index (χ0v) is 13.1. The molecule has 3 aliphatic rings. The Morgan fingerprint density at radius 2 is 1.79 bits per heavy atom. The molecule has 0 amide bonds. The van der Waals surface area contributed by atoms with Crippen molar-refractivity contribution in [2.75, 3.05) is 13.1 Å². The molecule has 1 heteroatoms. The monoisotopic (exact) mass is 263 g/mol. The van der Waals surface area contributed by atoms with Crippen molar-refractivity contribution in [1.82, 2.24) is 5.32 Å². The summed E-state index contributed by atoms with van der Waals surface area (Å²) in [6, 6.07) is 0. The summed E-state index contributed by atoms with van der Waals surface area (Å²) in [5.41, 5.74) is 0.707. The summed E-state index contributed by atoms with van der Waals surface area (Å²) in [7, 11) is 0. The molecule has 0 spiro atoms. The summed E-state index contributed by atoms with van der Waals surface area (Å²) in [5.74, 6) is 4.01. The standard InChI is InChI=1S/C18H33N/c1-14(2)12-19-13-18(16-6-4-3-5-7-16)11-15-8-9-17(18)10-15/h14-17,19H,3-13H2,1-2H3. The largest absolute Gasteiger partial charge is 0.316 e. The number of rotatable bonds is 5. The molecule has 110 valence electrons. The maximum absolute atomic E-state index is 3.85. The second kappa shape index (κ2) is 5.76. The first-order chi connectivity index (χ1) is 9.21. The van der Waals surface area contributed by atoms with Crippen molar-refractivity contribution in [1.29, 1.82) is 0 Å². The second-order valence-corrected chi connectivity index (χ2v) is 8.17. The van der Waals surface area contributed by atoms with Crippen molar-refractivity contribution in [3.8, 4) is 0 Å². The van der Waals surface area contributed by atoms with Gasteiger partial charge in [-0.15, -0.1) is 0 Å². The van der Waals surface area contributed by atoms with Crippen LogP contribution in [0.25, 0.3) is 0 Å². The predicted molar refractivity (Wildman–Crippen MR) is 82.2 cm³/mol. The zero-order chi connectivity index (χ0) is 13.3. The smallest absolute Gasteiger partial charge is 0.00133 e. The molecule has 0 heterocycles. The average molecular weight is 263 g/mol. The first-order valence-electron chi connectivity index (χ1n) is 8.91. The minimum atomic E-state index is 0.707. The van der Waals surface area contributed by atoms with E-state index in [0.29, 0.717) is 5.41 Å². The van der Waals surface area contributed by atoms with Crippen molar-refractivity contribution >= 4 is 0 Å². The fourth-order valence-electron chi connectivity index (χ4n) is 5.62. The fraction of sp³-hybridized carbons (Fsp3) is 1.00. The Hall–Kier alpha value is -0.0400. The van der Waals surface area contributed by atoms with Crippen LogP contribution in [0.3, 0.4) is 0 Å². The minimum Gasteiger partial charge on any atom is -0.316 e. The average Bonchev–Trinajstić information content (AvgIpc) is 3.00. The molecule has 3 fully saturated rings. The van der Waals surface area contributed by atoms with Crippen LogP contribution < -0.4 is 5.32 Å². The lowest BCUT2D eigenvalue weighted by molar-refractivity contribution is 0.0473. The van der Waals surface area contributed by atoms with Gasteiger partial charge in [-0.2, -0.15) is 0 Å². The topological polar surface area (TPSA) is 12.0 Å². The van der Waals surface area contributed by atoms with Gasteiger partial charge >= 0.3 is 0 Å². The first kappa shape index (κ1) is 13.9. The SMILES string of the molecule is CC(C)CNCC1(C2CCCCC2)CC2CCC1C2. The van der Waals surface area contributed by atoms with Gasteiger partial charge in [0.05, 0.1) is 0 Å². The van der Waals surface area contributed by atoms with Crippen molar-refractivity contribution in [2.24, 2.45) is 29.1 Å². The van der Waals surface area contributed by atoms with E-state index >= 15 is 0 Å². The maximum atomic E-state index is 3.85. The van der Waals surface area contributed by atoms with Gasteiger partial charge in [0, 0.05) is 6.54 Å². The summed E-state index contributed by atoms with van der Waals surface area (Å²) in [5, 5.41) is 3.85. The molecule has 3 atom stereocenters. The Kier molecular flexibility index (Phi) is 4.22. The molecule has 19 heavy (non-hydrogen) atoms. The lowest BCUT2D eigenvalue weighted by atomic mass is 9.61. The highest BCUT2D eigenvalue weighted by atomic mass is 14.9. The number of fused-ring (bicyclic) bond motifs is 2.